The van der Waals surface area contributed by atoms with E-state index in [9.17, 15) is 4.79 Å². The molecule has 0 fully saturated rings. The minimum Gasteiger partial charge on any atom is -0.396 e. The number of hydrogen-bond acceptors (Lipinski definition) is 3. The van der Waals surface area contributed by atoms with E-state index < -0.39 is 0 Å². The van der Waals surface area contributed by atoms with E-state index in [-0.39, 0.29) is 18.4 Å². The highest BCUT2D eigenvalue weighted by Crippen LogP contribution is 2.21. The van der Waals surface area contributed by atoms with Crippen LogP contribution in [0.1, 0.15) is 35.0 Å². The lowest BCUT2D eigenvalue weighted by Gasteiger charge is -2.11. The van der Waals surface area contributed by atoms with Gasteiger partial charge in [0.15, 0.2) is 0 Å². The van der Waals surface area contributed by atoms with E-state index in [1.165, 1.54) is 0 Å². The van der Waals surface area contributed by atoms with E-state index in [2.05, 4.69) is 10.4 Å². The molecule has 2 N–H and O–H groups in total. The molecule has 1 amide bonds. The summed E-state index contributed by atoms with van der Waals surface area (Å²) in [5.74, 6) is -0.0148. The van der Waals surface area contributed by atoms with Crippen LogP contribution in [0.4, 0.5) is 0 Å². The van der Waals surface area contributed by atoms with Gasteiger partial charge in [0.1, 0.15) is 5.15 Å². The monoisotopic (exact) mass is 335 g/mol. The van der Waals surface area contributed by atoms with Crippen molar-refractivity contribution in [2.75, 3.05) is 13.2 Å². The number of nitrogens with one attached hydrogen (secondary N) is 1. The van der Waals surface area contributed by atoms with Crippen LogP contribution in [-0.4, -0.2) is 33.9 Å². The second kappa shape index (κ2) is 8.13. The van der Waals surface area contributed by atoms with E-state index in [0.717, 1.165) is 5.56 Å². The first-order valence-corrected chi connectivity index (χ1v) is 8.06. The fourth-order valence-electron chi connectivity index (χ4n) is 2.35. The lowest BCUT2D eigenvalue weighted by molar-refractivity contribution is 0.0945. The van der Waals surface area contributed by atoms with Gasteiger partial charge in [0.05, 0.1) is 17.8 Å². The topological polar surface area (TPSA) is 67.2 Å². The van der Waals surface area contributed by atoms with Crippen molar-refractivity contribution in [2.24, 2.45) is 5.92 Å². The van der Waals surface area contributed by atoms with Crippen LogP contribution >= 0.6 is 11.6 Å². The molecule has 0 aliphatic carbocycles. The molecule has 5 nitrogen and oxygen atoms in total. The van der Waals surface area contributed by atoms with Crippen LogP contribution in [0.3, 0.4) is 0 Å². The van der Waals surface area contributed by atoms with Gasteiger partial charge in [-0.15, -0.1) is 0 Å². The van der Waals surface area contributed by atoms with Crippen LogP contribution in [0, 0.1) is 12.8 Å². The van der Waals surface area contributed by atoms with Gasteiger partial charge in [-0.2, -0.15) is 5.10 Å². The van der Waals surface area contributed by atoms with E-state index in [1.807, 2.05) is 37.3 Å². The zero-order valence-electron chi connectivity index (χ0n) is 13.4. The van der Waals surface area contributed by atoms with Gasteiger partial charge < -0.3 is 10.4 Å². The third-order valence-electron chi connectivity index (χ3n) is 3.70. The summed E-state index contributed by atoms with van der Waals surface area (Å²) < 4.78 is 1.64. The Morgan fingerprint density at radius 2 is 2.09 bits per heavy atom. The highest BCUT2D eigenvalue weighted by atomic mass is 35.5. The number of rotatable bonds is 7. The summed E-state index contributed by atoms with van der Waals surface area (Å²) in [6, 6.07) is 9.84. The van der Waals surface area contributed by atoms with Gasteiger partial charge in [-0.25, -0.2) is 4.68 Å². The Kier molecular flexibility index (Phi) is 6.19. The number of aliphatic hydroxyl groups is 1. The third kappa shape index (κ3) is 4.56. The predicted molar refractivity (Wildman–Crippen MR) is 90.7 cm³/mol. The molecule has 6 heteroatoms. The largest absolute Gasteiger partial charge is 0.396 e. The number of nitrogens with zero attached hydrogens (tertiary/aromatic N) is 2. The first kappa shape index (κ1) is 17.5. The van der Waals surface area contributed by atoms with Crippen LogP contribution in [0.15, 0.2) is 30.3 Å². The van der Waals surface area contributed by atoms with Crippen LogP contribution in [0.5, 0.6) is 0 Å². The summed E-state index contributed by atoms with van der Waals surface area (Å²) in [7, 11) is 0. The fourth-order valence-corrected chi connectivity index (χ4v) is 2.67. The zero-order valence-corrected chi connectivity index (χ0v) is 14.2. The maximum atomic E-state index is 12.3. The fraction of sp³-hybridized carbons (Fsp3) is 0.412. The van der Waals surface area contributed by atoms with Gasteiger partial charge in [-0.3, -0.25) is 4.79 Å². The quantitative estimate of drug-likeness (QED) is 0.817. The van der Waals surface area contributed by atoms with Gasteiger partial charge in [0, 0.05) is 13.2 Å². The molecule has 0 spiro atoms. The highest BCUT2D eigenvalue weighted by Gasteiger charge is 2.20. The molecule has 0 bridgehead atoms. The summed E-state index contributed by atoms with van der Waals surface area (Å²) in [5.41, 5.74) is 2.09. The molecule has 124 valence electrons. The molecule has 0 saturated carbocycles. The molecule has 0 aliphatic heterocycles. The van der Waals surface area contributed by atoms with Gasteiger partial charge in [0.25, 0.3) is 5.91 Å². The first-order valence-electron chi connectivity index (χ1n) is 7.68. The van der Waals surface area contributed by atoms with Crippen LogP contribution in [0.25, 0.3) is 0 Å². The molecule has 2 rings (SSSR count). The van der Waals surface area contributed by atoms with Crippen molar-refractivity contribution < 1.29 is 9.90 Å². The summed E-state index contributed by atoms with van der Waals surface area (Å²) in [6.45, 7) is 4.89. The normalized spacial score (nSPS) is 12.2. The number of amides is 1. The standard InChI is InChI=1S/C17H22ClN3O2/c1-12(8-9-22)10-19-17(23)15-13(2)20-21(16(15)18)11-14-6-4-3-5-7-14/h3-7,12,22H,8-11H2,1-2H3,(H,19,23). The van der Waals surface area contributed by atoms with Gasteiger partial charge >= 0.3 is 0 Å². The van der Waals surface area contributed by atoms with Crippen molar-refractivity contribution in [3.05, 3.63) is 52.3 Å². The summed E-state index contributed by atoms with van der Waals surface area (Å²) in [4.78, 5) is 12.3. The van der Waals surface area contributed by atoms with Crippen LogP contribution in [0.2, 0.25) is 5.15 Å². The van der Waals surface area contributed by atoms with Gasteiger partial charge in [-0.1, -0.05) is 48.9 Å². The van der Waals surface area contributed by atoms with E-state index in [4.69, 9.17) is 16.7 Å². The molecule has 23 heavy (non-hydrogen) atoms. The van der Waals surface area contributed by atoms with E-state index in [1.54, 1.807) is 11.6 Å². The van der Waals surface area contributed by atoms with Gasteiger partial charge in [0.2, 0.25) is 0 Å². The molecule has 1 aromatic carbocycles. The van der Waals surface area contributed by atoms with E-state index >= 15 is 0 Å². The Morgan fingerprint density at radius 3 is 2.74 bits per heavy atom. The lowest BCUT2D eigenvalue weighted by atomic mass is 10.1. The molecule has 1 aromatic heterocycles. The number of halogens is 1. The second-order valence-corrected chi connectivity index (χ2v) is 6.08. The summed E-state index contributed by atoms with van der Waals surface area (Å²) in [5, 5.41) is 16.5. The SMILES string of the molecule is Cc1nn(Cc2ccccc2)c(Cl)c1C(=O)NCC(C)CCO. The predicted octanol–water partition coefficient (Wildman–Crippen LogP) is 2.64. The molecular weight excluding hydrogens is 314 g/mol. The number of aromatic nitrogens is 2. The zero-order chi connectivity index (χ0) is 16.8. The van der Waals surface area contributed by atoms with Gasteiger partial charge in [-0.05, 0) is 24.8 Å². The second-order valence-electron chi connectivity index (χ2n) is 5.72. The Labute approximate surface area is 141 Å². The molecule has 0 radical (unpaired) electrons. The third-order valence-corrected chi connectivity index (χ3v) is 4.08. The van der Waals surface area contributed by atoms with Crippen LogP contribution < -0.4 is 5.32 Å². The molecule has 0 saturated heterocycles. The number of aryl methyl sites for hydroxylation is 1. The smallest absolute Gasteiger partial charge is 0.256 e. The average molecular weight is 336 g/mol. The minimum absolute atomic E-state index is 0.117. The average Bonchev–Trinajstić information content (AvgIpc) is 2.80. The molecule has 1 atom stereocenters. The van der Waals surface area contributed by atoms with Crippen molar-refractivity contribution in [3.8, 4) is 0 Å². The maximum absolute atomic E-state index is 12.3. The summed E-state index contributed by atoms with van der Waals surface area (Å²) in [6.07, 6.45) is 0.653. The molecule has 1 unspecified atom stereocenters. The number of carbonyl (C=O) groups excluding carboxylic acids is 1. The van der Waals surface area contributed by atoms with Crippen LogP contribution in [-0.2, 0) is 6.54 Å². The molecule has 0 aliphatic rings. The number of aliphatic hydroxyl groups excluding tert-OH is 1. The van der Waals surface area contributed by atoms with Crippen molar-refractivity contribution in [1.29, 1.82) is 0 Å². The summed E-state index contributed by atoms with van der Waals surface area (Å²) >= 11 is 6.35. The van der Waals surface area contributed by atoms with Crippen molar-refractivity contribution in [1.82, 2.24) is 15.1 Å². The first-order chi connectivity index (χ1) is 11.0. The number of carbonyl (C=O) groups is 1. The van der Waals surface area contributed by atoms with Crippen molar-refractivity contribution >= 4 is 17.5 Å². The molecular formula is C17H22ClN3O2. The number of hydrogen-bond donors (Lipinski definition) is 2. The maximum Gasteiger partial charge on any atom is 0.256 e. The Bertz CT molecular complexity index is 655. The lowest BCUT2D eigenvalue weighted by Crippen LogP contribution is -2.29. The number of benzene rings is 1. The highest BCUT2D eigenvalue weighted by molar-refractivity contribution is 6.33. The minimum atomic E-state index is -0.225. The molecule has 2 aromatic rings. The molecule has 1 heterocycles. The Morgan fingerprint density at radius 1 is 1.39 bits per heavy atom. The van der Waals surface area contributed by atoms with Crippen molar-refractivity contribution in [3.63, 3.8) is 0 Å². The van der Waals surface area contributed by atoms with E-state index in [0.29, 0.717) is 35.9 Å². The van der Waals surface area contributed by atoms with Crippen molar-refractivity contribution in [2.45, 2.75) is 26.8 Å². The Balaban J connectivity index is 2.09. The Hall–Kier alpha value is -1.85.